The zero-order chi connectivity index (χ0) is 7.11. The predicted octanol–water partition coefficient (Wildman–Crippen LogP) is 1.06. The van der Waals surface area contributed by atoms with Crippen molar-refractivity contribution in [2.45, 2.75) is 12.8 Å². The van der Waals surface area contributed by atoms with Crippen molar-refractivity contribution in [2.75, 3.05) is 27.2 Å². The fourth-order valence-corrected chi connectivity index (χ4v) is 0.733. The van der Waals surface area contributed by atoms with Crippen LogP contribution in [0.5, 0.6) is 0 Å². The van der Waals surface area contributed by atoms with E-state index in [0.717, 1.165) is 19.5 Å². The summed E-state index contributed by atoms with van der Waals surface area (Å²) in [6.45, 7) is 1.98. The van der Waals surface area contributed by atoms with Gasteiger partial charge in [-0.25, -0.2) is 4.36 Å². The third-order valence-electron chi connectivity index (χ3n) is 1.10. The highest BCUT2D eigenvalue weighted by molar-refractivity contribution is 7.47. The second-order valence-corrected chi connectivity index (χ2v) is 2.62. The first-order valence-electron chi connectivity index (χ1n) is 3.21. The minimum atomic E-state index is 0.836. The van der Waals surface area contributed by atoms with E-state index >= 15 is 0 Å². The van der Waals surface area contributed by atoms with Gasteiger partial charge < -0.3 is 4.90 Å². The zero-order valence-electron chi connectivity index (χ0n) is 6.13. The van der Waals surface area contributed by atoms with E-state index in [4.69, 9.17) is 0 Å². The van der Waals surface area contributed by atoms with Crippen LogP contribution in [-0.4, -0.2) is 32.1 Å². The number of unbranched alkanes of at least 4 members (excludes halogenated alkanes) is 1. The maximum Gasteiger partial charge on any atom is 0.0521 e. The van der Waals surface area contributed by atoms with Crippen LogP contribution in [0.25, 0.3) is 0 Å². The van der Waals surface area contributed by atoms with E-state index in [1.165, 1.54) is 6.42 Å². The summed E-state index contributed by atoms with van der Waals surface area (Å²) in [4.78, 5) is 2.17. The molecule has 0 bridgehead atoms. The summed E-state index contributed by atoms with van der Waals surface area (Å²) in [5, 5.41) is 0. The smallest absolute Gasteiger partial charge is 0.0521 e. The molecule has 0 aliphatic heterocycles. The molecule has 0 atom stereocenters. The van der Waals surface area contributed by atoms with E-state index in [-0.39, 0.29) is 0 Å². The molecule has 0 spiro atoms. The summed E-state index contributed by atoms with van der Waals surface area (Å²) in [5.41, 5.74) is 0. The van der Waals surface area contributed by atoms with Gasteiger partial charge in [0.15, 0.2) is 0 Å². The van der Waals surface area contributed by atoms with Gasteiger partial charge in [-0.2, -0.15) is 0 Å². The van der Waals surface area contributed by atoms with Crippen molar-refractivity contribution < 1.29 is 0 Å². The van der Waals surface area contributed by atoms with Crippen molar-refractivity contribution in [3.8, 4) is 0 Å². The Hall–Kier alpha value is -0.0200. The first-order valence-corrected chi connectivity index (χ1v) is 3.57. The van der Waals surface area contributed by atoms with Crippen LogP contribution in [0.1, 0.15) is 12.8 Å². The SMILES string of the molecule is CN(C)CCCCN=S. The Bertz CT molecular complexity index is 73.5. The molecule has 0 radical (unpaired) electrons. The molecule has 0 unspecified atom stereocenters. The molecule has 0 aromatic heterocycles. The van der Waals surface area contributed by atoms with Crippen LogP contribution >= 0.6 is 0 Å². The number of hydrogen-bond donors (Lipinski definition) is 0. The Morgan fingerprint density at radius 1 is 1.33 bits per heavy atom. The molecule has 0 aliphatic rings. The first kappa shape index (κ1) is 8.98. The van der Waals surface area contributed by atoms with Gasteiger partial charge in [0.2, 0.25) is 0 Å². The molecule has 3 heteroatoms. The second kappa shape index (κ2) is 6.11. The van der Waals surface area contributed by atoms with Gasteiger partial charge in [-0.3, -0.25) is 0 Å². The summed E-state index contributed by atoms with van der Waals surface area (Å²) in [6.07, 6.45) is 2.33. The van der Waals surface area contributed by atoms with E-state index in [1.54, 1.807) is 0 Å². The van der Waals surface area contributed by atoms with Gasteiger partial charge in [-0.05, 0) is 33.5 Å². The van der Waals surface area contributed by atoms with E-state index in [2.05, 4.69) is 35.8 Å². The number of nitrogens with zero attached hydrogens (tertiary/aromatic N) is 2. The van der Waals surface area contributed by atoms with Gasteiger partial charge in [0.25, 0.3) is 0 Å². The van der Waals surface area contributed by atoms with Crippen molar-refractivity contribution in [3.63, 3.8) is 0 Å². The van der Waals surface area contributed by atoms with Gasteiger partial charge in [0, 0.05) is 12.4 Å². The zero-order valence-corrected chi connectivity index (χ0v) is 6.95. The van der Waals surface area contributed by atoms with Gasteiger partial charge in [-0.1, -0.05) is 0 Å². The largest absolute Gasteiger partial charge is 0.309 e. The molecule has 0 N–H and O–H groups in total. The molecule has 0 saturated heterocycles. The van der Waals surface area contributed by atoms with Crippen LogP contribution in [-0.2, 0) is 12.4 Å². The standard InChI is InChI=1S/C6H14N2S/c1-8(2)6-4-3-5-7-9/h3-6H2,1-2H3. The van der Waals surface area contributed by atoms with Crippen LogP contribution in [0.4, 0.5) is 0 Å². The minimum Gasteiger partial charge on any atom is -0.309 e. The third kappa shape index (κ3) is 7.98. The van der Waals surface area contributed by atoms with Crippen molar-refractivity contribution >= 4 is 12.4 Å². The maximum absolute atomic E-state index is 4.44. The average Bonchev–Trinajstić information content (AvgIpc) is 1.80. The number of rotatable bonds is 5. The summed E-state index contributed by atoms with van der Waals surface area (Å²) in [5.74, 6) is 0. The lowest BCUT2D eigenvalue weighted by molar-refractivity contribution is 0.396. The molecule has 0 saturated carbocycles. The lowest BCUT2D eigenvalue weighted by Crippen LogP contribution is -2.12. The Kier molecular flexibility index (Phi) is 6.09. The molecule has 0 heterocycles. The average molecular weight is 146 g/mol. The quantitative estimate of drug-likeness (QED) is 0.539. The summed E-state index contributed by atoms with van der Waals surface area (Å²) < 4.78 is 3.60. The molecule has 0 aromatic carbocycles. The van der Waals surface area contributed by atoms with E-state index in [9.17, 15) is 0 Å². The van der Waals surface area contributed by atoms with Crippen LogP contribution in [0.3, 0.4) is 0 Å². The van der Waals surface area contributed by atoms with Gasteiger partial charge in [-0.15, -0.1) is 0 Å². The van der Waals surface area contributed by atoms with E-state index < -0.39 is 0 Å². The fraction of sp³-hybridized carbons (Fsp3) is 1.00. The van der Waals surface area contributed by atoms with Crippen LogP contribution in [0.2, 0.25) is 0 Å². The Morgan fingerprint density at radius 3 is 2.44 bits per heavy atom. The van der Waals surface area contributed by atoms with Crippen molar-refractivity contribution in [2.24, 2.45) is 4.36 Å². The highest BCUT2D eigenvalue weighted by atomic mass is 32.1. The minimum absolute atomic E-state index is 0.836. The molecule has 0 rings (SSSR count). The van der Waals surface area contributed by atoms with Gasteiger partial charge in [0.1, 0.15) is 0 Å². The molecule has 0 aliphatic carbocycles. The third-order valence-corrected chi connectivity index (χ3v) is 1.29. The highest BCUT2D eigenvalue weighted by Gasteiger charge is 1.88. The summed E-state index contributed by atoms with van der Waals surface area (Å²) in [6, 6.07) is 0. The van der Waals surface area contributed by atoms with E-state index in [1.807, 2.05) is 0 Å². The lowest BCUT2D eigenvalue weighted by Gasteiger charge is -2.06. The molecule has 0 amide bonds. The summed E-state index contributed by atoms with van der Waals surface area (Å²) in [7, 11) is 4.15. The summed E-state index contributed by atoms with van der Waals surface area (Å²) >= 11 is 4.44. The number of hydrogen-bond acceptors (Lipinski definition) is 3. The van der Waals surface area contributed by atoms with Crippen molar-refractivity contribution in [3.05, 3.63) is 0 Å². The monoisotopic (exact) mass is 146 g/mol. The predicted molar refractivity (Wildman–Crippen MR) is 42.4 cm³/mol. The van der Waals surface area contributed by atoms with Crippen molar-refractivity contribution in [1.82, 2.24) is 4.90 Å². The van der Waals surface area contributed by atoms with Crippen molar-refractivity contribution in [1.29, 1.82) is 0 Å². The maximum atomic E-state index is 4.44. The van der Waals surface area contributed by atoms with Gasteiger partial charge >= 0.3 is 0 Å². The van der Waals surface area contributed by atoms with E-state index in [0.29, 0.717) is 0 Å². The Balaban J connectivity index is 2.82. The Labute approximate surface area is 62.4 Å². The molecular formula is C6H14N2S. The molecular weight excluding hydrogens is 132 g/mol. The molecule has 0 fully saturated rings. The lowest BCUT2D eigenvalue weighted by atomic mass is 10.3. The van der Waals surface area contributed by atoms with Crippen LogP contribution in [0, 0.1) is 0 Å². The fourth-order valence-electron chi connectivity index (χ4n) is 0.604. The highest BCUT2D eigenvalue weighted by Crippen LogP contribution is 1.89. The molecule has 2 nitrogen and oxygen atoms in total. The normalized spacial score (nSPS) is 10.1. The van der Waals surface area contributed by atoms with Gasteiger partial charge in [0.05, 0.1) is 6.54 Å². The molecule has 0 aromatic rings. The van der Waals surface area contributed by atoms with Crippen LogP contribution < -0.4 is 0 Å². The molecule has 9 heavy (non-hydrogen) atoms. The topological polar surface area (TPSA) is 15.6 Å². The first-order chi connectivity index (χ1) is 4.27. The molecule has 54 valence electrons. The second-order valence-electron chi connectivity index (χ2n) is 2.36. The Morgan fingerprint density at radius 2 is 2.00 bits per heavy atom. The van der Waals surface area contributed by atoms with Crippen LogP contribution in [0.15, 0.2) is 4.36 Å².